The van der Waals surface area contributed by atoms with Crippen molar-refractivity contribution >= 4 is 85.7 Å². The van der Waals surface area contributed by atoms with E-state index in [1.807, 2.05) is 28.2 Å². The van der Waals surface area contributed by atoms with Crippen molar-refractivity contribution in [2.24, 2.45) is 0 Å². The Morgan fingerprint density at radius 1 is 0.448 bits per heavy atom. The number of hydrogen-bond donors (Lipinski definition) is 0. The third-order valence-electron chi connectivity index (χ3n) is 12.8. The first-order valence-corrected chi connectivity index (χ1v) is 21.0. The molecular formula is C53H36Br2N4O8. The maximum absolute atomic E-state index is 13.4. The Morgan fingerprint density at radius 2 is 0.806 bits per heavy atom. The van der Waals surface area contributed by atoms with Gasteiger partial charge in [-0.25, -0.2) is 9.13 Å². The lowest BCUT2D eigenvalue weighted by molar-refractivity contribution is -0.669. The molecule has 0 unspecified atom stereocenters. The predicted molar refractivity (Wildman–Crippen MR) is 250 cm³/mol. The quantitative estimate of drug-likeness (QED) is 0.361. The van der Waals surface area contributed by atoms with Gasteiger partial charge < -0.3 is 26.8 Å². The summed E-state index contributed by atoms with van der Waals surface area (Å²) in [5.41, 5.74) is 8.14. The summed E-state index contributed by atoms with van der Waals surface area (Å²) in [6, 6.07) is 4.05. The minimum atomic E-state index is -0.277. The van der Waals surface area contributed by atoms with Crippen molar-refractivity contribution in [1.29, 1.82) is 0 Å². The number of anilines is 2. The molecule has 0 bridgehead atoms. The highest BCUT2D eigenvalue weighted by atomic mass is 79.9. The van der Waals surface area contributed by atoms with Crippen molar-refractivity contribution < 1.29 is 59.9 Å². The van der Waals surface area contributed by atoms with E-state index < -0.39 is 0 Å². The summed E-state index contributed by atoms with van der Waals surface area (Å²) in [4.78, 5) is 110. The van der Waals surface area contributed by atoms with Gasteiger partial charge in [-0.1, -0.05) is 48.6 Å². The fraction of sp³-hybridized carbons (Fsp3) is 0.113. The molecule has 67 heavy (non-hydrogen) atoms. The summed E-state index contributed by atoms with van der Waals surface area (Å²) in [6.07, 6.45) is 31.7. The summed E-state index contributed by atoms with van der Waals surface area (Å²) >= 11 is 0. The highest BCUT2D eigenvalue weighted by Crippen LogP contribution is 2.42. The number of nitrogens with zero attached hydrogens (tertiary/aromatic N) is 4. The Balaban J connectivity index is 0.00000281. The average Bonchev–Trinajstić information content (AvgIpc) is 3.72. The van der Waals surface area contributed by atoms with Crippen LogP contribution in [0.25, 0.3) is 11.0 Å². The molecule has 12 nitrogen and oxygen atoms in total. The van der Waals surface area contributed by atoms with Crippen LogP contribution in [-0.2, 0) is 51.4 Å². The smallest absolute Gasteiger partial charge is 0.254 e. The van der Waals surface area contributed by atoms with Crippen molar-refractivity contribution in [2.45, 2.75) is 20.0 Å². The number of carbonyl (C=O) groups excluding carboxylic acids is 8. The summed E-state index contributed by atoms with van der Waals surface area (Å²) in [6.45, 7) is 3.09. The predicted octanol–water partition coefficient (Wildman–Crippen LogP) is 2.41. The van der Waals surface area contributed by atoms with E-state index in [0.717, 1.165) is 28.2 Å². The molecule has 1 aromatic carbocycles. The highest BCUT2D eigenvalue weighted by molar-refractivity contribution is 8.93. The molecule has 1 aliphatic heterocycles. The molecule has 0 amide bonds. The zero-order chi connectivity index (χ0) is 44.8. The van der Waals surface area contributed by atoms with Gasteiger partial charge in [0.2, 0.25) is 0 Å². The zero-order valence-corrected chi connectivity index (χ0v) is 38.9. The Morgan fingerprint density at radius 3 is 1.22 bits per heavy atom. The van der Waals surface area contributed by atoms with Crippen LogP contribution >= 0.6 is 17.0 Å². The molecule has 8 aliphatic carbocycles. The molecule has 0 atom stereocenters. The van der Waals surface area contributed by atoms with E-state index >= 15 is 0 Å². The lowest BCUT2D eigenvalue weighted by Crippen LogP contribution is -3.00. The van der Waals surface area contributed by atoms with E-state index in [2.05, 4.69) is 9.80 Å². The van der Waals surface area contributed by atoms with Crippen LogP contribution in [0.15, 0.2) is 201 Å². The van der Waals surface area contributed by atoms with Crippen LogP contribution in [-0.4, -0.2) is 70.6 Å². The molecule has 9 aliphatic rings. The molecule has 330 valence electrons. The first-order valence-electron chi connectivity index (χ1n) is 21.0. The summed E-state index contributed by atoms with van der Waals surface area (Å²) in [7, 11) is 0. The van der Waals surface area contributed by atoms with Crippen molar-refractivity contribution in [2.75, 3.05) is 29.6 Å². The van der Waals surface area contributed by atoms with Crippen molar-refractivity contribution in [3.05, 3.63) is 206 Å². The van der Waals surface area contributed by atoms with Gasteiger partial charge in [-0.15, -0.1) is 17.0 Å². The van der Waals surface area contributed by atoms with Gasteiger partial charge in [-0.3, -0.25) is 38.4 Å². The van der Waals surface area contributed by atoms with Gasteiger partial charge in [0.15, 0.2) is 57.3 Å². The number of halogens is 2. The minimum absolute atomic E-state index is 0. The van der Waals surface area contributed by atoms with Crippen LogP contribution in [0.4, 0.5) is 11.4 Å². The standard InChI is InChI=1S/C53H35N4O8.2BrH/c1-29-56(26-32-16-40-36(52(64)20-32)8-4-12-48(40)60)44-22-42-43(23-45(44)57(29)27-33-17-41-37(53(65)21-33)9-5-13-49(41)61)55(25-31-15-39-35(51(63)19-31)7-3-11-47(39)59)28-54(42)24-30-14-38-34(50(62)18-30)6-2-10-46(38)58;;/h2-23H,24-28H2,1H3;2*1H/q+1;;/p-1. The van der Waals surface area contributed by atoms with Crippen LogP contribution < -0.4 is 31.3 Å². The number of hydrogen-bond acceptors (Lipinski definition) is 10. The van der Waals surface area contributed by atoms with Crippen LogP contribution in [0.5, 0.6) is 0 Å². The van der Waals surface area contributed by atoms with Crippen molar-refractivity contribution in [1.82, 2.24) is 4.57 Å². The lowest BCUT2D eigenvalue weighted by atomic mass is 9.87. The number of benzene rings is 1. The van der Waals surface area contributed by atoms with Crippen LogP contribution in [0, 0.1) is 6.92 Å². The monoisotopic (exact) mass is 1010 g/mol. The number of fused-ring (bicyclic) bond motifs is 6. The van der Waals surface area contributed by atoms with Gasteiger partial charge in [0, 0.05) is 76.7 Å². The maximum Gasteiger partial charge on any atom is 0.254 e. The SMILES string of the molecule is Br.Cc1n(CC2=CC(=O)C3=CC=CC(=O)C3=C2)c2cc3c(cc2[n+]1CC1=CC(=O)C2=CC=CC(=O)C2=C1)N(CC1=CC(=O)C2=CC=CC(=O)C2=C1)CN3CC1=CC(=O)C2=CC=CC(=O)C2=C1.[Br-]. The topological polar surface area (TPSA) is 152 Å². The molecule has 11 rings (SSSR count). The largest absolute Gasteiger partial charge is 1.00 e. The number of allylic oxidation sites excluding steroid dienone is 28. The third-order valence-corrected chi connectivity index (χ3v) is 12.8. The minimum Gasteiger partial charge on any atom is -1.00 e. The number of ketones is 8. The molecule has 2 aromatic rings. The summed E-state index contributed by atoms with van der Waals surface area (Å²) in [5, 5.41) is 0. The van der Waals surface area contributed by atoms with Gasteiger partial charge in [-0.2, -0.15) is 0 Å². The highest BCUT2D eigenvalue weighted by Gasteiger charge is 2.36. The Bertz CT molecular complexity index is 3170. The molecule has 0 saturated heterocycles. The van der Waals surface area contributed by atoms with Crippen LogP contribution in [0.1, 0.15) is 5.82 Å². The molecule has 0 saturated carbocycles. The van der Waals surface area contributed by atoms with Gasteiger partial charge in [0.05, 0.1) is 18.0 Å². The first-order chi connectivity index (χ1) is 31.4. The summed E-state index contributed by atoms with van der Waals surface area (Å²) < 4.78 is 4.09. The number of carbonyl (C=O) groups is 8. The summed E-state index contributed by atoms with van der Waals surface area (Å²) in [5.74, 6) is -1.38. The van der Waals surface area contributed by atoms with E-state index in [4.69, 9.17) is 0 Å². The zero-order valence-electron chi connectivity index (χ0n) is 35.6. The second-order valence-electron chi connectivity index (χ2n) is 16.9. The molecule has 0 N–H and O–H groups in total. The average molecular weight is 1020 g/mol. The van der Waals surface area contributed by atoms with Crippen LogP contribution in [0.3, 0.4) is 0 Å². The Hall–Kier alpha value is -7.55. The molecule has 1 aromatic heterocycles. The molecule has 14 heteroatoms. The van der Waals surface area contributed by atoms with E-state index in [1.165, 1.54) is 48.6 Å². The van der Waals surface area contributed by atoms with Gasteiger partial charge in [0.1, 0.15) is 13.1 Å². The second-order valence-corrected chi connectivity index (χ2v) is 16.9. The molecule has 0 radical (unpaired) electrons. The lowest BCUT2D eigenvalue weighted by Gasteiger charge is -2.25. The van der Waals surface area contributed by atoms with Crippen LogP contribution in [0.2, 0.25) is 0 Å². The molecule has 2 heterocycles. The number of aromatic nitrogens is 2. The second kappa shape index (κ2) is 17.0. The van der Waals surface area contributed by atoms with E-state index in [0.29, 0.717) is 73.5 Å². The number of imidazole rings is 1. The van der Waals surface area contributed by atoms with E-state index in [-0.39, 0.29) is 106 Å². The molecule has 0 spiro atoms. The fourth-order valence-electron chi connectivity index (χ4n) is 9.71. The van der Waals surface area contributed by atoms with Crippen molar-refractivity contribution in [3.8, 4) is 0 Å². The van der Waals surface area contributed by atoms with E-state index in [9.17, 15) is 38.4 Å². The number of rotatable bonds is 8. The van der Waals surface area contributed by atoms with Crippen molar-refractivity contribution in [3.63, 3.8) is 0 Å². The molecule has 0 fully saturated rings. The Kier molecular flexibility index (Phi) is 11.3. The third kappa shape index (κ3) is 7.61. The maximum atomic E-state index is 13.4. The van der Waals surface area contributed by atoms with Gasteiger partial charge in [-0.05, 0) is 95.2 Å². The van der Waals surface area contributed by atoms with E-state index in [1.54, 1.807) is 72.9 Å². The first kappa shape index (κ1) is 44.6. The fourth-order valence-corrected chi connectivity index (χ4v) is 9.71. The van der Waals surface area contributed by atoms with Gasteiger partial charge in [0.25, 0.3) is 5.82 Å². The Labute approximate surface area is 404 Å². The molecular weight excluding hydrogens is 980 g/mol. The normalized spacial score (nSPS) is 20.1. The van der Waals surface area contributed by atoms with Gasteiger partial charge >= 0.3 is 0 Å².